The van der Waals surface area contributed by atoms with Crippen molar-refractivity contribution in [2.75, 3.05) is 5.06 Å². The van der Waals surface area contributed by atoms with E-state index >= 15 is 0 Å². The molecule has 148 valence electrons. The first-order valence-electron chi connectivity index (χ1n) is 8.69. The van der Waals surface area contributed by atoms with Gasteiger partial charge in [0, 0.05) is 12.8 Å². The summed E-state index contributed by atoms with van der Waals surface area (Å²) in [4.78, 5) is 29.0. The van der Waals surface area contributed by atoms with E-state index < -0.39 is 12.3 Å². The van der Waals surface area contributed by atoms with Crippen LogP contribution in [0.2, 0.25) is 0 Å². The normalized spacial score (nSPS) is 16.5. The van der Waals surface area contributed by atoms with Gasteiger partial charge >= 0.3 is 12.3 Å². The van der Waals surface area contributed by atoms with Crippen molar-refractivity contribution in [3.8, 4) is 16.9 Å². The Morgan fingerprint density at radius 3 is 2.54 bits per heavy atom. The van der Waals surface area contributed by atoms with Crippen molar-refractivity contribution in [1.29, 1.82) is 0 Å². The Morgan fingerprint density at radius 2 is 1.89 bits per heavy atom. The zero-order valence-corrected chi connectivity index (χ0v) is 15.2. The fourth-order valence-corrected chi connectivity index (χ4v) is 3.18. The Balaban J connectivity index is 1.98. The average molecular weight is 393 g/mol. The fourth-order valence-electron chi connectivity index (χ4n) is 3.18. The second kappa shape index (κ2) is 7.53. The van der Waals surface area contributed by atoms with Gasteiger partial charge in [-0.2, -0.15) is 0 Å². The van der Waals surface area contributed by atoms with Crippen molar-refractivity contribution in [3.05, 3.63) is 48.0 Å². The predicted octanol–water partition coefficient (Wildman–Crippen LogP) is 4.65. The molecular formula is C20H18F3NO4. The third-order valence-electron chi connectivity index (χ3n) is 4.43. The van der Waals surface area contributed by atoms with E-state index in [0.717, 1.165) is 10.6 Å². The number of fused-ring (bicyclic) bond motifs is 1. The molecule has 0 aromatic heterocycles. The summed E-state index contributed by atoms with van der Waals surface area (Å²) in [6.07, 6.45) is -3.75. The number of carbonyl (C=O) groups is 2. The summed E-state index contributed by atoms with van der Waals surface area (Å²) in [5.74, 6) is -1.57. The molecule has 1 heterocycles. The van der Waals surface area contributed by atoms with E-state index in [4.69, 9.17) is 4.84 Å². The first-order chi connectivity index (χ1) is 13.2. The van der Waals surface area contributed by atoms with Gasteiger partial charge in [0.2, 0.25) is 0 Å². The number of hydrogen-bond donors (Lipinski definition) is 0. The maximum Gasteiger partial charge on any atom is 0.573 e. The second-order valence-corrected chi connectivity index (χ2v) is 6.44. The highest BCUT2D eigenvalue weighted by Crippen LogP contribution is 2.36. The van der Waals surface area contributed by atoms with Gasteiger partial charge in [0.05, 0.1) is 5.69 Å². The van der Waals surface area contributed by atoms with Gasteiger partial charge < -0.3 is 9.57 Å². The highest BCUT2D eigenvalue weighted by molar-refractivity contribution is 5.98. The van der Waals surface area contributed by atoms with Crippen LogP contribution in [0.5, 0.6) is 5.75 Å². The molecule has 0 bridgehead atoms. The molecule has 0 saturated heterocycles. The van der Waals surface area contributed by atoms with E-state index in [1.807, 2.05) is 6.92 Å². The summed E-state index contributed by atoms with van der Waals surface area (Å²) in [5, 5.41) is 1.00. The van der Waals surface area contributed by atoms with E-state index in [1.165, 1.54) is 25.1 Å². The van der Waals surface area contributed by atoms with Crippen LogP contribution in [-0.2, 0) is 20.8 Å². The molecule has 0 spiro atoms. The largest absolute Gasteiger partial charge is 0.573 e. The van der Waals surface area contributed by atoms with Crippen molar-refractivity contribution < 1.29 is 32.3 Å². The molecule has 8 heteroatoms. The predicted molar refractivity (Wildman–Crippen MR) is 95.3 cm³/mol. The Bertz CT molecular complexity index is 911. The standard InChI is InChI=1S/C20H18F3NO4/c1-3-13-9-16-10-15(7-8-18(16)24(19(13)26)28-12(2)25)14-5-4-6-17(11-14)27-20(21,22)23/h4-8,10-11,13H,3,9H2,1-2H3. The second-order valence-electron chi connectivity index (χ2n) is 6.44. The van der Waals surface area contributed by atoms with Crippen LogP contribution in [-0.4, -0.2) is 18.2 Å². The molecule has 3 rings (SSSR count). The Hall–Kier alpha value is -3.03. The summed E-state index contributed by atoms with van der Waals surface area (Å²) in [6.45, 7) is 3.07. The van der Waals surface area contributed by atoms with Crippen LogP contribution in [0.15, 0.2) is 42.5 Å². The zero-order chi connectivity index (χ0) is 20.5. The van der Waals surface area contributed by atoms with E-state index in [-0.39, 0.29) is 17.6 Å². The van der Waals surface area contributed by atoms with E-state index in [0.29, 0.717) is 29.7 Å². The quantitative estimate of drug-likeness (QED) is 0.759. The van der Waals surface area contributed by atoms with Gasteiger partial charge in [-0.25, -0.2) is 4.79 Å². The summed E-state index contributed by atoms with van der Waals surface area (Å²) in [6, 6.07) is 10.7. The van der Waals surface area contributed by atoms with Crippen LogP contribution >= 0.6 is 0 Å². The molecule has 1 aliphatic heterocycles. The minimum absolute atomic E-state index is 0.293. The topological polar surface area (TPSA) is 55.8 Å². The number of alkyl halides is 3. The molecular weight excluding hydrogens is 375 g/mol. The van der Waals surface area contributed by atoms with Crippen molar-refractivity contribution in [1.82, 2.24) is 0 Å². The molecule has 0 fully saturated rings. The van der Waals surface area contributed by atoms with Crippen LogP contribution in [0.1, 0.15) is 25.8 Å². The van der Waals surface area contributed by atoms with Crippen molar-refractivity contribution in [3.63, 3.8) is 0 Å². The monoisotopic (exact) mass is 393 g/mol. The first kappa shape index (κ1) is 19.7. The lowest BCUT2D eigenvalue weighted by atomic mass is 9.89. The van der Waals surface area contributed by atoms with Crippen molar-refractivity contribution in [2.45, 2.75) is 33.1 Å². The highest BCUT2D eigenvalue weighted by atomic mass is 19.4. The first-order valence-corrected chi connectivity index (χ1v) is 8.69. The number of halogens is 3. The van der Waals surface area contributed by atoms with Gasteiger partial charge in [-0.05, 0) is 53.8 Å². The van der Waals surface area contributed by atoms with Gasteiger partial charge in [-0.15, -0.1) is 18.2 Å². The van der Waals surface area contributed by atoms with Crippen LogP contribution in [0.25, 0.3) is 11.1 Å². The number of ether oxygens (including phenoxy) is 1. The number of hydrogen-bond acceptors (Lipinski definition) is 4. The fraction of sp³-hybridized carbons (Fsp3) is 0.300. The Kier molecular flexibility index (Phi) is 5.31. The van der Waals surface area contributed by atoms with Crippen LogP contribution < -0.4 is 9.80 Å². The lowest BCUT2D eigenvalue weighted by Crippen LogP contribution is -2.42. The third-order valence-corrected chi connectivity index (χ3v) is 4.43. The smallest absolute Gasteiger partial charge is 0.406 e. The molecule has 1 amide bonds. The van der Waals surface area contributed by atoms with E-state index in [2.05, 4.69) is 4.74 Å². The number of anilines is 1. The summed E-state index contributed by atoms with van der Waals surface area (Å²) in [5.41, 5.74) is 2.43. The lowest BCUT2D eigenvalue weighted by molar-refractivity contribution is -0.274. The maximum absolute atomic E-state index is 12.5. The minimum atomic E-state index is -4.77. The Morgan fingerprint density at radius 1 is 1.18 bits per heavy atom. The lowest BCUT2D eigenvalue weighted by Gasteiger charge is -2.32. The Labute approximate surface area is 159 Å². The van der Waals surface area contributed by atoms with Crippen LogP contribution in [0, 0.1) is 5.92 Å². The summed E-state index contributed by atoms with van der Waals surface area (Å²) < 4.78 is 41.4. The van der Waals surface area contributed by atoms with Crippen molar-refractivity contribution in [2.24, 2.45) is 5.92 Å². The highest BCUT2D eigenvalue weighted by Gasteiger charge is 2.34. The molecule has 0 saturated carbocycles. The van der Waals surface area contributed by atoms with Gasteiger partial charge in [0.25, 0.3) is 5.91 Å². The number of carbonyl (C=O) groups excluding carboxylic acids is 2. The van der Waals surface area contributed by atoms with Gasteiger partial charge in [0.1, 0.15) is 5.75 Å². The number of nitrogens with zero attached hydrogens (tertiary/aromatic N) is 1. The zero-order valence-electron chi connectivity index (χ0n) is 15.2. The van der Waals surface area contributed by atoms with E-state index in [1.54, 1.807) is 24.3 Å². The van der Waals surface area contributed by atoms with Crippen molar-refractivity contribution >= 4 is 17.6 Å². The molecule has 1 atom stereocenters. The molecule has 0 N–H and O–H groups in total. The number of benzene rings is 2. The molecule has 0 radical (unpaired) electrons. The molecule has 5 nitrogen and oxygen atoms in total. The minimum Gasteiger partial charge on any atom is -0.406 e. The molecule has 1 aliphatic rings. The maximum atomic E-state index is 12.5. The van der Waals surface area contributed by atoms with Crippen LogP contribution in [0.3, 0.4) is 0 Å². The number of rotatable bonds is 4. The van der Waals surface area contributed by atoms with E-state index in [9.17, 15) is 22.8 Å². The average Bonchev–Trinajstić information content (AvgIpc) is 2.62. The molecule has 0 aliphatic carbocycles. The van der Waals surface area contributed by atoms with Crippen LogP contribution in [0.4, 0.5) is 18.9 Å². The summed E-state index contributed by atoms with van der Waals surface area (Å²) in [7, 11) is 0. The SMILES string of the molecule is CCC1Cc2cc(-c3cccc(OC(F)(F)F)c3)ccc2N(OC(C)=O)C1=O. The summed E-state index contributed by atoms with van der Waals surface area (Å²) >= 11 is 0. The van der Waals surface area contributed by atoms with Gasteiger partial charge in [-0.1, -0.05) is 25.1 Å². The number of hydroxylamine groups is 1. The van der Waals surface area contributed by atoms with Gasteiger partial charge in [-0.3, -0.25) is 4.79 Å². The molecule has 1 unspecified atom stereocenters. The third kappa shape index (κ3) is 4.27. The number of amides is 1. The molecule has 2 aromatic rings. The van der Waals surface area contributed by atoms with Gasteiger partial charge in [0.15, 0.2) is 0 Å². The molecule has 28 heavy (non-hydrogen) atoms. The molecule has 2 aromatic carbocycles.